The molecule has 108 valence electrons. The molecule has 1 unspecified atom stereocenters. The number of thiophene rings is 1. The van der Waals surface area contributed by atoms with Crippen LogP contribution >= 0.6 is 11.3 Å². The molecule has 1 aliphatic heterocycles. The van der Waals surface area contributed by atoms with Crippen molar-refractivity contribution in [2.45, 2.75) is 12.6 Å². The monoisotopic (exact) mass is 301 g/mol. The summed E-state index contributed by atoms with van der Waals surface area (Å²) in [5.41, 5.74) is 1.38. The first-order valence-corrected chi connectivity index (χ1v) is 7.80. The highest BCUT2D eigenvalue weighted by molar-refractivity contribution is 7.17. The maximum absolute atomic E-state index is 5.74. The molecule has 0 spiro atoms. The highest BCUT2D eigenvalue weighted by Gasteiger charge is 2.25. The van der Waals surface area contributed by atoms with E-state index in [1.807, 2.05) is 0 Å². The number of benzene rings is 1. The molecule has 0 amide bonds. The van der Waals surface area contributed by atoms with Crippen LogP contribution in [-0.2, 0) is 11.3 Å². The van der Waals surface area contributed by atoms with Gasteiger partial charge in [0.15, 0.2) is 0 Å². The van der Waals surface area contributed by atoms with Crippen LogP contribution in [0.2, 0.25) is 0 Å². The lowest BCUT2D eigenvalue weighted by molar-refractivity contribution is -0.0370. The molecule has 3 heterocycles. The summed E-state index contributed by atoms with van der Waals surface area (Å²) >= 11 is 1.80. The van der Waals surface area contributed by atoms with Gasteiger partial charge < -0.3 is 4.74 Å². The number of hydrogen-bond acceptors (Lipinski definition) is 6. The van der Waals surface area contributed by atoms with Crippen molar-refractivity contribution in [3.63, 3.8) is 0 Å². The summed E-state index contributed by atoms with van der Waals surface area (Å²) < 4.78 is 7.08. The molecule has 0 radical (unpaired) electrons. The lowest BCUT2D eigenvalue weighted by Crippen LogP contribution is -2.38. The molecule has 3 aromatic rings. The standard InChI is InChI=1S/C14H15N5OS/c1-2-4-13-11(3-1)10(9-21-13)7-19-5-6-20-12(8-19)14-15-17-18-16-14/h1-4,9,12H,5-8H2,(H,15,16,17,18). The number of ether oxygens (including phenoxy) is 1. The number of nitrogens with one attached hydrogen (secondary N) is 1. The van der Waals surface area contributed by atoms with Crippen LogP contribution in [0.1, 0.15) is 17.5 Å². The van der Waals surface area contributed by atoms with Gasteiger partial charge in [-0.3, -0.25) is 4.90 Å². The number of rotatable bonds is 3. The Hall–Kier alpha value is -1.83. The molecule has 21 heavy (non-hydrogen) atoms. The Morgan fingerprint density at radius 3 is 3.24 bits per heavy atom. The molecular weight excluding hydrogens is 286 g/mol. The van der Waals surface area contributed by atoms with Crippen LogP contribution < -0.4 is 0 Å². The Labute approximate surface area is 125 Å². The summed E-state index contributed by atoms with van der Waals surface area (Å²) in [7, 11) is 0. The van der Waals surface area contributed by atoms with E-state index in [2.05, 4.69) is 55.2 Å². The average molecular weight is 301 g/mol. The first kappa shape index (κ1) is 12.9. The van der Waals surface area contributed by atoms with Gasteiger partial charge in [0.1, 0.15) is 6.10 Å². The summed E-state index contributed by atoms with van der Waals surface area (Å²) in [6, 6.07) is 8.55. The largest absolute Gasteiger partial charge is 0.367 e. The molecule has 6 nitrogen and oxygen atoms in total. The van der Waals surface area contributed by atoms with E-state index in [-0.39, 0.29) is 6.10 Å². The number of H-pyrrole nitrogens is 1. The highest BCUT2D eigenvalue weighted by atomic mass is 32.1. The van der Waals surface area contributed by atoms with Gasteiger partial charge in [-0.2, -0.15) is 5.21 Å². The summed E-state index contributed by atoms with van der Waals surface area (Å²) in [6.45, 7) is 3.35. The van der Waals surface area contributed by atoms with Gasteiger partial charge in [0.05, 0.1) is 6.61 Å². The van der Waals surface area contributed by atoms with Crippen molar-refractivity contribution in [3.05, 3.63) is 41.0 Å². The molecule has 1 saturated heterocycles. The molecule has 0 bridgehead atoms. The minimum atomic E-state index is -0.0950. The summed E-state index contributed by atoms with van der Waals surface area (Å²) in [5, 5.41) is 17.7. The molecule has 0 aliphatic carbocycles. The van der Waals surface area contributed by atoms with E-state index in [9.17, 15) is 0 Å². The molecule has 4 rings (SSSR count). The third-order valence-corrected chi connectivity index (χ3v) is 4.77. The molecule has 2 aromatic heterocycles. The summed E-state index contributed by atoms with van der Waals surface area (Å²) in [4.78, 5) is 2.39. The average Bonchev–Trinajstić information content (AvgIpc) is 3.18. The smallest absolute Gasteiger partial charge is 0.204 e. The van der Waals surface area contributed by atoms with E-state index in [0.717, 1.165) is 19.6 Å². The van der Waals surface area contributed by atoms with E-state index in [1.54, 1.807) is 11.3 Å². The van der Waals surface area contributed by atoms with Crippen molar-refractivity contribution in [1.29, 1.82) is 0 Å². The molecular formula is C14H15N5OS. The number of tetrazole rings is 1. The van der Waals surface area contributed by atoms with Crippen LogP contribution in [0.3, 0.4) is 0 Å². The van der Waals surface area contributed by atoms with Crippen LogP contribution in [0.15, 0.2) is 29.6 Å². The van der Waals surface area contributed by atoms with Gasteiger partial charge in [-0.05, 0) is 22.4 Å². The van der Waals surface area contributed by atoms with Crippen molar-refractivity contribution in [2.75, 3.05) is 19.7 Å². The zero-order chi connectivity index (χ0) is 14.1. The van der Waals surface area contributed by atoms with E-state index >= 15 is 0 Å². The van der Waals surface area contributed by atoms with Crippen molar-refractivity contribution in [1.82, 2.24) is 25.5 Å². The molecule has 1 aromatic carbocycles. The Bertz CT molecular complexity index is 726. The van der Waals surface area contributed by atoms with E-state index in [4.69, 9.17) is 4.74 Å². The number of nitrogens with zero attached hydrogens (tertiary/aromatic N) is 4. The number of aromatic nitrogens is 4. The first-order chi connectivity index (χ1) is 10.4. The SMILES string of the molecule is c1ccc2c(CN3CCOC(c4nn[nH]n4)C3)csc2c1. The lowest BCUT2D eigenvalue weighted by Gasteiger charge is -2.31. The van der Waals surface area contributed by atoms with Gasteiger partial charge in [0, 0.05) is 24.3 Å². The van der Waals surface area contributed by atoms with Gasteiger partial charge in [0.25, 0.3) is 0 Å². The van der Waals surface area contributed by atoms with Gasteiger partial charge in [0.2, 0.25) is 5.82 Å². The van der Waals surface area contributed by atoms with Crippen LogP contribution in [0.5, 0.6) is 0 Å². The van der Waals surface area contributed by atoms with Gasteiger partial charge in [-0.1, -0.05) is 23.4 Å². The Morgan fingerprint density at radius 2 is 2.33 bits per heavy atom. The second-order valence-corrected chi connectivity index (χ2v) is 6.03. The van der Waals surface area contributed by atoms with Crippen molar-refractivity contribution < 1.29 is 4.74 Å². The summed E-state index contributed by atoms with van der Waals surface area (Å²) in [5.74, 6) is 0.634. The van der Waals surface area contributed by atoms with E-state index in [0.29, 0.717) is 12.4 Å². The maximum atomic E-state index is 5.74. The number of morpholine rings is 1. The zero-order valence-electron chi connectivity index (χ0n) is 11.4. The second kappa shape index (κ2) is 5.51. The predicted molar refractivity (Wildman–Crippen MR) is 80.0 cm³/mol. The molecule has 1 atom stereocenters. The maximum Gasteiger partial charge on any atom is 0.204 e. The minimum absolute atomic E-state index is 0.0950. The first-order valence-electron chi connectivity index (χ1n) is 6.92. The highest BCUT2D eigenvalue weighted by Crippen LogP contribution is 2.28. The second-order valence-electron chi connectivity index (χ2n) is 5.12. The summed E-state index contributed by atoms with van der Waals surface area (Å²) in [6.07, 6.45) is -0.0950. The van der Waals surface area contributed by atoms with Crippen LogP contribution in [-0.4, -0.2) is 45.2 Å². The Kier molecular flexibility index (Phi) is 3.38. The fraction of sp³-hybridized carbons (Fsp3) is 0.357. The molecule has 1 fully saturated rings. The fourth-order valence-electron chi connectivity index (χ4n) is 2.70. The number of aromatic amines is 1. The fourth-order valence-corrected chi connectivity index (χ4v) is 3.66. The molecule has 1 N–H and O–H groups in total. The third kappa shape index (κ3) is 2.55. The number of hydrogen-bond donors (Lipinski definition) is 1. The normalized spacial score (nSPS) is 20.1. The van der Waals surface area contributed by atoms with E-state index in [1.165, 1.54) is 15.6 Å². The van der Waals surface area contributed by atoms with Crippen molar-refractivity contribution in [2.24, 2.45) is 0 Å². The molecule has 7 heteroatoms. The topological polar surface area (TPSA) is 66.9 Å². The van der Waals surface area contributed by atoms with Crippen LogP contribution in [0.4, 0.5) is 0 Å². The molecule has 1 aliphatic rings. The zero-order valence-corrected chi connectivity index (χ0v) is 12.2. The van der Waals surface area contributed by atoms with Crippen LogP contribution in [0.25, 0.3) is 10.1 Å². The van der Waals surface area contributed by atoms with Crippen LogP contribution in [0, 0.1) is 0 Å². The van der Waals surface area contributed by atoms with Gasteiger partial charge >= 0.3 is 0 Å². The number of fused-ring (bicyclic) bond motifs is 1. The Morgan fingerprint density at radius 1 is 1.38 bits per heavy atom. The van der Waals surface area contributed by atoms with Crippen molar-refractivity contribution in [3.8, 4) is 0 Å². The Balaban J connectivity index is 1.51. The van der Waals surface area contributed by atoms with Gasteiger partial charge in [-0.25, -0.2) is 0 Å². The molecule has 0 saturated carbocycles. The van der Waals surface area contributed by atoms with E-state index < -0.39 is 0 Å². The quantitative estimate of drug-likeness (QED) is 0.801. The minimum Gasteiger partial charge on any atom is -0.367 e. The lowest BCUT2D eigenvalue weighted by atomic mass is 10.1. The third-order valence-electron chi connectivity index (χ3n) is 3.76. The van der Waals surface area contributed by atoms with Crippen molar-refractivity contribution >= 4 is 21.4 Å². The predicted octanol–water partition coefficient (Wildman–Crippen LogP) is 1.99. The van der Waals surface area contributed by atoms with Gasteiger partial charge in [-0.15, -0.1) is 21.5 Å².